The molecule has 0 spiro atoms. The molecule has 2 rings (SSSR count). The molecule has 1 N–H and O–H groups in total. The zero-order chi connectivity index (χ0) is 14.5. The number of halogens is 3. The van der Waals surface area contributed by atoms with E-state index in [2.05, 4.69) is 18.3 Å². The van der Waals surface area contributed by atoms with Gasteiger partial charge < -0.3 is 5.32 Å². The Morgan fingerprint density at radius 3 is 2.55 bits per heavy atom. The summed E-state index contributed by atoms with van der Waals surface area (Å²) < 4.78 is 0.811. The minimum Gasteiger partial charge on any atom is -0.309 e. The van der Waals surface area contributed by atoms with Crippen molar-refractivity contribution in [3.63, 3.8) is 0 Å². The summed E-state index contributed by atoms with van der Waals surface area (Å²) in [5, 5.41) is 4.92. The Morgan fingerprint density at radius 2 is 1.95 bits per heavy atom. The zero-order valence-electron chi connectivity index (χ0n) is 11.1. The lowest BCUT2D eigenvalue weighted by Gasteiger charge is -2.18. The number of rotatable bonds is 6. The normalized spacial score (nSPS) is 12.6. The van der Waals surface area contributed by atoms with E-state index in [0.29, 0.717) is 10.0 Å². The van der Waals surface area contributed by atoms with Crippen molar-refractivity contribution >= 4 is 46.1 Å². The van der Waals surface area contributed by atoms with Crippen LogP contribution in [-0.4, -0.2) is 6.54 Å². The molecule has 1 heterocycles. The number of nitrogens with one attached hydrogen (secondary N) is 1. The fourth-order valence-corrected chi connectivity index (χ4v) is 3.64. The highest BCUT2D eigenvalue weighted by atomic mass is 35.5. The first-order chi connectivity index (χ1) is 9.60. The highest BCUT2D eigenvalue weighted by Gasteiger charge is 2.15. The second kappa shape index (κ2) is 7.67. The molecule has 0 saturated carbocycles. The van der Waals surface area contributed by atoms with Crippen molar-refractivity contribution in [3.8, 4) is 0 Å². The van der Waals surface area contributed by atoms with Crippen molar-refractivity contribution < 1.29 is 0 Å². The minimum absolute atomic E-state index is 0.228. The summed E-state index contributed by atoms with van der Waals surface area (Å²) in [4.78, 5) is 1.23. The fraction of sp³-hybridized carbons (Fsp3) is 0.333. The first-order valence-electron chi connectivity index (χ1n) is 6.52. The summed E-state index contributed by atoms with van der Waals surface area (Å²) in [7, 11) is 0. The highest BCUT2D eigenvalue weighted by Crippen LogP contribution is 2.31. The Bertz CT molecular complexity index is 568. The molecule has 1 atom stereocenters. The van der Waals surface area contributed by atoms with Gasteiger partial charge in [0.15, 0.2) is 0 Å². The van der Waals surface area contributed by atoms with Gasteiger partial charge in [-0.05, 0) is 49.2 Å². The smallest absolute Gasteiger partial charge is 0.0931 e. The average Bonchev–Trinajstić information content (AvgIpc) is 2.83. The molecular formula is C15H16Cl3NS. The van der Waals surface area contributed by atoms with Gasteiger partial charge in [0.2, 0.25) is 0 Å². The predicted octanol–water partition coefficient (Wildman–Crippen LogP) is 5.99. The molecule has 0 amide bonds. The van der Waals surface area contributed by atoms with Crippen LogP contribution in [0, 0.1) is 0 Å². The van der Waals surface area contributed by atoms with E-state index in [1.165, 1.54) is 4.88 Å². The summed E-state index contributed by atoms with van der Waals surface area (Å²) in [5.74, 6) is 0. The largest absolute Gasteiger partial charge is 0.309 e. The summed E-state index contributed by atoms with van der Waals surface area (Å²) in [6, 6.07) is 9.89. The van der Waals surface area contributed by atoms with E-state index >= 15 is 0 Å². The third kappa shape index (κ3) is 4.37. The molecule has 5 heteroatoms. The van der Waals surface area contributed by atoms with E-state index in [1.54, 1.807) is 17.4 Å². The molecule has 20 heavy (non-hydrogen) atoms. The van der Waals surface area contributed by atoms with Gasteiger partial charge in [0, 0.05) is 21.0 Å². The molecular weight excluding hydrogens is 333 g/mol. The van der Waals surface area contributed by atoms with Gasteiger partial charge in [-0.2, -0.15) is 0 Å². The van der Waals surface area contributed by atoms with Crippen LogP contribution in [0.4, 0.5) is 0 Å². The van der Waals surface area contributed by atoms with Gasteiger partial charge in [-0.1, -0.05) is 47.8 Å². The lowest BCUT2D eigenvalue weighted by molar-refractivity contribution is 0.536. The van der Waals surface area contributed by atoms with Crippen molar-refractivity contribution in [1.82, 2.24) is 5.32 Å². The molecule has 2 aromatic rings. The predicted molar refractivity (Wildman–Crippen MR) is 90.5 cm³/mol. The standard InChI is InChI=1S/C15H16Cl3NS/c1-2-7-19-13(14-5-6-15(18)20-14)8-10-3-4-11(16)9-12(10)17/h3-6,9,13,19H,2,7-8H2,1H3. The fourth-order valence-electron chi connectivity index (χ4n) is 2.01. The van der Waals surface area contributed by atoms with E-state index in [0.717, 1.165) is 29.3 Å². The van der Waals surface area contributed by atoms with Gasteiger partial charge in [0.1, 0.15) is 0 Å². The van der Waals surface area contributed by atoms with E-state index in [4.69, 9.17) is 34.8 Å². The van der Waals surface area contributed by atoms with Crippen LogP contribution in [0.3, 0.4) is 0 Å². The Kier molecular flexibility index (Phi) is 6.19. The van der Waals surface area contributed by atoms with Crippen LogP contribution in [0.25, 0.3) is 0 Å². The number of benzene rings is 1. The van der Waals surface area contributed by atoms with Crippen molar-refractivity contribution in [1.29, 1.82) is 0 Å². The maximum absolute atomic E-state index is 6.27. The van der Waals surface area contributed by atoms with Crippen LogP contribution in [0.15, 0.2) is 30.3 Å². The number of hydrogen-bond donors (Lipinski definition) is 1. The summed E-state index contributed by atoms with van der Waals surface area (Å²) in [5.41, 5.74) is 1.09. The quantitative estimate of drug-likeness (QED) is 0.676. The SMILES string of the molecule is CCCNC(Cc1ccc(Cl)cc1Cl)c1ccc(Cl)s1. The highest BCUT2D eigenvalue weighted by molar-refractivity contribution is 7.16. The maximum atomic E-state index is 6.27. The molecule has 0 bridgehead atoms. The van der Waals surface area contributed by atoms with E-state index in [9.17, 15) is 0 Å². The maximum Gasteiger partial charge on any atom is 0.0931 e. The number of thiophene rings is 1. The molecule has 0 aliphatic carbocycles. The van der Waals surface area contributed by atoms with E-state index in [1.807, 2.05) is 18.2 Å². The molecule has 1 nitrogen and oxygen atoms in total. The number of hydrogen-bond acceptors (Lipinski definition) is 2. The summed E-state index contributed by atoms with van der Waals surface area (Å²) in [6.07, 6.45) is 1.91. The van der Waals surface area contributed by atoms with Crippen molar-refractivity contribution in [2.75, 3.05) is 6.54 Å². The summed E-state index contributed by atoms with van der Waals surface area (Å²) >= 11 is 19.9. The zero-order valence-corrected chi connectivity index (χ0v) is 14.2. The topological polar surface area (TPSA) is 12.0 Å². The third-order valence-electron chi connectivity index (χ3n) is 3.02. The van der Waals surface area contributed by atoms with Crippen LogP contribution in [0.5, 0.6) is 0 Å². The lowest BCUT2D eigenvalue weighted by atomic mass is 10.0. The van der Waals surface area contributed by atoms with Gasteiger partial charge in [-0.3, -0.25) is 0 Å². The van der Waals surface area contributed by atoms with Crippen LogP contribution < -0.4 is 5.32 Å². The molecule has 0 radical (unpaired) electrons. The average molecular weight is 349 g/mol. The van der Waals surface area contributed by atoms with Crippen LogP contribution >= 0.6 is 46.1 Å². The van der Waals surface area contributed by atoms with Crippen molar-refractivity contribution in [3.05, 3.63) is 55.2 Å². The Morgan fingerprint density at radius 1 is 1.15 bits per heavy atom. The molecule has 108 valence electrons. The molecule has 0 fully saturated rings. The Hall–Kier alpha value is -0.250. The van der Waals surface area contributed by atoms with Gasteiger partial charge in [-0.25, -0.2) is 0 Å². The van der Waals surface area contributed by atoms with E-state index in [-0.39, 0.29) is 6.04 Å². The van der Waals surface area contributed by atoms with Gasteiger partial charge >= 0.3 is 0 Å². The van der Waals surface area contributed by atoms with Crippen molar-refractivity contribution in [2.24, 2.45) is 0 Å². The van der Waals surface area contributed by atoms with Crippen LogP contribution in [-0.2, 0) is 6.42 Å². The third-order valence-corrected chi connectivity index (χ3v) is 4.95. The van der Waals surface area contributed by atoms with E-state index < -0.39 is 0 Å². The first kappa shape index (κ1) is 16.1. The molecule has 1 aromatic heterocycles. The molecule has 1 aromatic carbocycles. The van der Waals surface area contributed by atoms with Gasteiger partial charge in [0.05, 0.1) is 4.34 Å². The Labute approximate surface area is 138 Å². The minimum atomic E-state index is 0.228. The second-order valence-corrected chi connectivity index (χ2v) is 7.18. The van der Waals surface area contributed by atoms with Crippen LogP contribution in [0.2, 0.25) is 14.4 Å². The van der Waals surface area contributed by atoms with Gasteiger partial charge in [-0.15, -0.1) is 11.3 Å². The first-order valence-corrected chi connectivity index (χ1v) is 8.47. The van der Waals surface area contributed by atoms with Gasteiger partial charge in [0.25, 0.3) is 0 Å². The van der Waals surface area contributed by atoms with Crippen LogP contribution in [0.1, 0.15) is 29.8 Å². The lowest BCUT2D eigenvalue weighted by Crippen LogP contribution is -2.23. The Balaban J connectivity index is 2.18. The molecule has 1 unspecified atom stereocenters. The molecule has 0 aliphatic rings. The second-order valence-electron chi connectivity index (χ2n) is 4.59. The van der Waals surface area contributed by atoms with Crippen molar-refractivity contribution in [2.45, 2.75) is 25.8 Å². The molecule has 0 aliphatic heterocycles. The summed E-state index contributed by atoms with van der Waals surface area (Å²) in [6.45, 7) is 3.12. The monoisotopic (exact) mass is 347 g/mol. The molecule has 0 saturated heterocycles.